The van der Waals surface area contributed by atoms with Crippen LogP contribution < -0.4 is 5.73 Å². The molecule has 1 atom stereocenters. The summed E-state index contributed by atoms with van der Waals surface area (Å²) in [4.78, 5) is 36.2. The summed E-state index contributed by atoms with van der Waals surface area (Å²) in [5.74, 6) is -1.12. The van der Waals surface area contributed by atoms with Crippen LogP contribution in [0.15, 0.2) is 30.3 Å². The molecule has 116 valence electrons. The van der Waals surface area contributed by atoms with Gasteiger partial charge in [-0.1, -0.05) is 12.1 Å². The van der Waals surface area contributed by atoms with Gasteiger partial charge in [0.05, 0.1) is 12.7 Å². The van der Waals surface area contributed by atoms with E-state index in [1.165, 1.54) is 18.1 Å². The topological polar surface area (TPSA) is 89.7 Å². The minimum Gasteiger partial charge on any atom is -0.465 e. The third-order valence-corrected chi connectivity index (χ3v) is 3.61. The van der Waals surface area contributed by atoms with Crippen LogP contribution in [0.2, 0.25) is 0 Å². The molecule has 1 fully saturated rings. The van der Waals surface area contributed by atoms with Crippen LogP contribution in [0.25, 0.3) is 6.08 Å². The van der Waals surface area contributed by atoms with Crippen molar-refractivity contribution in [3.63, 3.8) is 0 Å². The molecule has 6 nitrogen and oxygen atoms in total. The van der Waals surface area contributed by atoms with Gasteiger partial charge in [0.15, 0.2) is 0 Å². The molecular weight excluding hydrogens is 284 g/mol. The highest BCUT2D eigenvalue weighted by atomic mass is 16.5. The Morgan fingerprint density at radius 2 is 1.95 bits per heavy atom. The molecule has 1 aromatic carbocycles. The Balaban J connectivity index is 2.03. The van der Waals surface area contributed by atoms with Crippen LogP contribution in [-0.4, -0.2) is 42.4 Å². The van der Waals surface area contributed by atoms with Crippen molar-refractivity contribution in [2.24, 2.45) is 5.73 Å². The molecule has 22 heavy (non-hydrogen) atoms. The van der Waals surface area contributed by atoms with E-state index in [-0.39, 0.29) is 5.91 Å². The largest absolute Gasteiger partial charge is 0.465 e. The van der Waals surface area contributed by atoms with Crippen molar-refractivity contribution in [3.8, 4) is 0 Å². The van der Waals surface area contributed by atoms with Crippen molar-refractivity contribution in [1.82, 2.24) is 4.90 Å². The van der Waals surface area contributed by atoms with Crippen molar-refractivity contribution < 1.29 is 19.1 Å². The number of hydrogen-bond acceptors (Lipinski definition) is 4. The molecule has 0 aliphatic carbocycles. The van der Waals surface area contributed by atoms with Gasteiger partial charge in [-0.2, -0.15) is 0 Å². The van der Waals surface area contributed by atoms with Gasteiger partial charge in [0, 0.05) is 12.6 Å². The Morgan fingerprint density at radius 3 is 2.55 bits per heavy atom. The lowest BCUT2D eigenvalue weighted by Gasteiger charge is -2.20. The number of likely N-dealkylation sites (tertiary alicyclic amines) is 1. The number of ether oxygens (including phenoxy) is 1. The summed E-state index contributed by atoms with van der Waals surface area (Å²) >= 11 is 0. The van der Waals surface area contributed by atoms with Gasteiger partial charge in [-0.05, 0) is 36.6 Å². The molecule has 1 heterocycles. The molecule has 0 radical (unpaired) electrons. The fourth-order valence-corrected chi connectivity index (χ4v) is 2.44. The quantitative estimate of drug-likeness (QED) is 0.662. The van der Waals surface area contributed by atoms with E-state index in [4.69, 9.17) is 5.73 Å². The fraction of sp³-hybridized carbons (Fsp3) is 0.312. The summed E-state index contributed by atoms with van der Waals surface area (Å²) in [6.07, 6.45) is 4.44. The molecule has 6 heteroatoms. The molecule has 2 rings (SSSR count). The molecule has 0 unspecified atom stereocenters. The Morgan fingerprint density at radius 1 is 1.27 bits per heavy atom. The van der Waals surface area contributed by atoms with E-state index < -0.39 is 17.9 Å². The van der Waals surface area contributed by atoms with Gasteiger partial charge >= 0.3 is 5.97 Å². The number of benzene rings is 1. The summed E-state index contributed by atoms with van der Waals surface area (Å²) in [6, 6.07) is 6.16. The first-order valence-electron chi connectivity index (χ1n) is 6.99. The number of carbonyl (C=O) groups is 3. The minimum absolute atomic E-state index is 0.238. The van der Waals surface area contributed by atoms with E-state index in [0.29, 0.717) is 18.5 Å². The molecule has 0 spiro atoms. The molecule has 2 amide bonds. The summed E-state index contributed by atoms with van der Waals surface area (Å²) in [6.45, 7) is 0.540. The predicted octanol–water partition coefficient (Wildman–Crippen LogP) is 0.963. The van der Waals surface area contributed by atoms with Gasteiger partial charge in [0.2, 0.25) is 11.8 Å². The second kappa shape index (κ2) is 6.89. The first-order valence-corrected chi connectivity index (χ1v) is 6.99. The number of nitrogens with two attached hydrogens (primary N) is 1. The Hall–Kier alpha value is -2.63. The molecule has 2 N–H and O–H groups in total. The van der Waals surface area contributed by atoms with E-state index in [9.17, 15) is 14.4 Å². The van der Waals surface area contributed by atoms with Crippen molar-refractivity contribution in [3.05, 3.63) is 41.5 Å². The van der Waals surface area contributed by atoms with Gasteiger partial charge in [-0.25, -0.2) is 4.79 Å². The zero-order valence-electron chi connectivity index (χ0n) is 12.3. The Labute approximate surface area is 128 Å². The number of carbonyl (C=O) groups excluding carboxylic acids is 3. The summed E-state index contributed by atoms with van der Waals surface area (Å²) in [5.41, 5.74) is 6.51. The first-order chi connectivity index (χ1) is 10.5. The zero-order chi connectivity index (χ0) is 16.1. The van der Waals surface area contributed by atoms with Crippen LogP contribution in [0.5, 0.6) is 0 Å². The number of primary amides is 1. The Kier molecular flexibility index (Phi) is 4.93. The lowest BCUT2D eigenvalue weighted by molar-refractivity contribution is -0.133. The molecule has 0 bridgehead atoms. The van der Waals surface area contributed by atoms with Crippen molar-refractivity contribution >= 4 is 23.9 Å². The normalized spacial score (nSPS) is 17.7. The Bertz CT molecular complexity index is 607. The maximum absolute atomic E-state index is 12.1. The van der Waals surface area contributed by atoms with E-state index in [2.05, 4.69) is 4.74 Å². The predicted molar refractivity (Wildman–Crippen MR) is 80.7 cm³/mol. The van der Waals surface area contributed by atoms with Crippen LogP contribution in [0, 0.1) is 0 Å². The highest BCUT2D eigenvalue weighted by molar-refractivity contribution is 5.96. The molecule has 1 saturated heterocycles. The van der Waals surface area contributed by atoms with Crippen molar-refractivity contribution in [1.29, 1.82) is 0 Å². The minimum atomic E-state index is -0.515. The molecule has 1 aliphatic rings. The second-order valence-corrected chi connectivity index (χ2v) is 5.04. The molecule has 0 saturated carbocycles. The number of nitrogens with zero attached hydrogens (tertiary/aromatic N) is 1. The SMILES string of the molecule is COC(=O)c1ccc(/C=C\C(=O)N2CCC[C@H]2C(N)=O)cc1. The molecule has 1 aromatic rings. The maximum atomic E-state index is 12.1. The standard InChI is InChI=1S/C16H18N2O4/c1-22-16(21)12-7-4-11(5-8-12)6-9-14(19)18-10-2-3-13(18)15(17)20/h4-9,13H,2-3,10H2,1H3,(H2,17,20)/b9-6-/t13-/m0/s1. The van der Waals surface area contributed by atoms with Gasteiger partial charge < -0.3 is 15.4 Å². The first kappa shape index (κ1) is 15.8. The van der Waals surface area contributed by atoms with Gasteiger partial charge in [0.1, 0.15) is 6.04 Å². The lowest BCUT2D eigenvalue weighted by Crippen LogP contribution is -2.42. The van der Waals surface area contributed by atoms with Gasteiger partial charge in [0.25, 0.3) is 0 Å². The second-order valence-electron chi connectivity index (χ2n) is 5.04. The van der Waals surface area contributed by atoms with Crippen LogP contribution in [0.4, 0.5) is 0 Å². The van der Waals surface area contributed by atoms with Crippen LogP contribution in [-0.2, 0) is 14.3 Å². The van der Waals surface area contributed by atoms with Crippen molar-refractivity contribution in [2.75, 3.05) is 13.7 Å². The number of methoxy groups -OCH3 is 1. The van der Waals surface area contributed by atoms with E-state index >= 15 is 0 Å². The van der Waals surface area contributed by atoms with Crippen LogP contribution in [0.3, 0.4) is 0 Å². The average molecular weight is 302 g/mol. The van der Waals surface area contributed by atoms with Crippen molar-refractivity contribution in [2.45, 2.75) is 18.9 Å². The molecular formula is C16H18N2O4. The molecule has 0 aromatic heterocycles. The van der Waals surface area contributed by atoms with E-state index in [1.54, 1.807) is 30.3 Å². The van der Waals surface area contributed by atoms with Crippen LogP contribution >= 0.6 is 0 Å². The summed E-state index contributed by atoms with van der Waals surface area (Å²) in [7, 11) is 1.32. The highest BCUT2D eigenvalue weighted by Gasteiger charge is 2.31. The number of hydrogen-bond donors (Lipinski definition) is 1. The summed E-state index contributed by atoms with van der Waals surface area (Å²) in [5, 5.41) is 0. The van der Waals surface area contributed by atoms with Gasteiger partial charge in [-0.15, -0.1) is 0 Å². The van der Waals surface area contributed by atoms with Crippen LogP contribution in [0.1, 0.15) is 28.8 Å². The highest BCUT2D eigenvalue weighted by Crippen LogP contribution is 2.17. The third-order valence-electron chi connectivity index (χ3n) is 3.61. The van der Waals surface area contributed by atoms with E-state index in [0.717, 1.165) is 12.0 Å². The maximum Gasteiger partial charge on any atom is 0.337 e. The monoisotopic (exact) mass is 302 g/mol. The third kappa shape index (κ3) is 3.52. The molecule has 1 aliphatic heterocycles. The van der Waals surface area contributed by atoms with Gasteiger partial charge in [-0.3, -0.25) is 9.59 Å². The fourth-order valence-electron chi connectivity index (χ4n) is 2.44. The smallest absolute Gasteiger partial charge is 0.337 e. The number of rotatable bonds is 4. The number of esters is 1. The summed E-state index contributed by atoms with van der Waals surface area (Å²) < 4.78 is 4.61. The average Bonchev–Trinajstić information content (AvgIpc) is 3.02. The zero-order valence-corrected chi connectivity index (χ0v) is 12.3. The lowest BCUT2D eigenvalue weighted by atomic mass is 10.1. The van der Waals surface area contributed by atoms with E-state index in [1.807, 2.05) is 0 Å². The number of amides is 2.